The summed E-state index contributed by atoms with van der Waals surface area (Å²) in [6.07, 6.45) is 0.420. The van der Waals surface area contributed by atoms with Gasteiger partial charge in [-0.1, -0.05) is 18.2 Å². The molecule has 0 heterocycles. The molecule has 1 aliphatic rings. The summed E-state index contributed by atoms with van der Waals surface area (Å²) in [6, 6.07) is 13.3. The van der Waals surface area contributed by atoms with Crippen LogP contribution in [0.4, 0.5) is 17.1 Å². The van der Waals surface area contributed by atoms with Crippen molar-refractivity contribution in [3.05, 3.63) is 54.1 Å². The van der Waals surface area contributed by atoms with Crippen molar-refractivity contribution in [3.8, 4) is 0 Å². The van der Waals surface area contributed by atoms with Gasteiger partial charge in [-0.3, -0.25) is 14.4 Å². The SMILES string of the molecule is COC(=O)c1ccccc1NC(=O)C1CC1C(=O)Nc1cccc(NC(C)=O)c1. The second-order valence-electron chi connectivity index (χ2n) is 6.73. The summed E-state index contributed by atoms with van der Waals surface area (Å²) >= 11 is 0. The molecule has 0 bridgehead atoms. The highest BCUT2D eigenvalue weighted by molar-refractivity contribution is 6.06. The molecule has 1 saturated carbocycles. The van der Waals surface area contributed by atoms with Gasteiger partial charge in [-0.2, -0.15) is 0 Å². The van der Waals surface area contributed by atoms with Crippen molar-refractivity contribution >= 4 is 40.8 Å². The zero-order chi connectivity index (χ0) is 21.0. The lowest BCUT2D eigenvalue weighted by molar-refractivity contribution is -0.122. The van der Waals surface area contributed by atoms with Gasteiger partial charge in [-0.25, -0.2) is 4.79 Å². The molecule has 0 saturated heterocycles. The Bertz CT molecular complexity index is 972. The molecule has 8 heteroatoms. The first-order valence-electron chi connectivity index (χ1n) is 9.05. The summed E-state index contributed by atoms with van der Waals surface area (Å²) in [4.78, 5) is 47.9. The smallest absolute Gasteiger partial charge is 0.339 e. The Morgan fingerprint density at radius 1 is 0.862 bits per heavy atom. The number of esters is 1. The number of carbonyl (C=O) groups excluding carboxylic acids is 4. The maximum absolute atomic E-state index is 12.5. The highest BCUT2D eigenvalue weighted by Gasteiger charge is 2.48. The van der Waals surface area contributed by atoms with Crippen LogP contribution in [-0.4, -0.2) is 30.8 Å². The van der Waals surface area contributed by atoms with Gasteiger partial charge in [0.1, 0.15) is 0 Å². The number of benzene rings is 2. The predicted octanol–water partition coefficient (Wildman–Crippen LogP) is 2.64. The number of rotatable bonds is 6. The van der Waals surface area contributed by atoms with E-state index in [-0.39, 0.29) is 23.3 Å². The Kier molecular flexibility index (Phi) is 5.92. The summed E-state index contributed by atoms with van der Waals surface area (Å²) < 4.78 is 4.71. The molecule has 150 valence electrons. The lowest BCUT2D eigenvalue weighted by atomic mass is 10.1. The average Bonchev–Trinajstić information content (AvgIpc) is 3.49. The summed E-state index contributed by atoms with van der Waals surface area (Å²) in [5.41, 5.74) is 1.70. The van der Waals surface area contributed by atoms with Crippen LogP contribution >= 0.6 is 0 Å². The van der Waals surface area contributed by atoms with Crippen molar-refractivity contribution in [2.45, 2.75) is 13.3 Å². The lowest BCUT2D eigenvalue weighted by Gasteiger charge is -2.10. The van der Waals surface area contributed by atoms with E-state index >= 15 is 0 Å². The van der Waals surface area contributed by atoms with Crippen LogP contribution in [0.2, 0.25) is 0 Å². The molecule has 2 unspecified atom stereocenters. The van der Waals surface area contributed by atoms with E-state index in [0.29, 0.717) is 23.5 Å². The third kappa shape index (κ3) is 4.98. The summed E-state index contributed by atoms with van der Waals surface area (Å²) in [5, 5.41) is 8.11. The Labute approximate surface area is 167 Å². The van der Waals surface area contributed by atoms with Gasteiger partial charge in [0.25, 0.3) is 0 Å². The fourth-order valence-corrected chi connectivity index (χ4v) is 2.99. The van der Waals surface area contributed by atoms with Crippen LogP contribution in [0.15, 0.2) is 48.5 Å². The molecule has 2 atom stereocenters. The topological polar surface area (TPSA) is 114 Å². The molecule has 0 spiro atoms. The molecule has 29 heavy (non-hydrogen) atoms. The first-order valence-corrected chi connectivity index (χ1v) is 9.05. The van der Waals surface area contributed by atoms with E-state index in [2.05, 4.69) is 16.0 Å². The van der Waals surface area contributed by atoms with E-state index in [4.69, 9.17) is 4.74 Å². The molecule has 8 nitrogen and oxygen atoms in total. The minimum absolute atomic E-state index is 0.209. The molecule has 0 radical (unpaired) electrons. The van der Waals surface area contributed by atoms with Gasteiger partial charge in [-0.15, -0.1) is 0 Å². The van der Waals surface area contributed by atoms with Gasteiger partial charge in [0.2, 0.25) is 17.7 Å². The van der Waals surface area contributed by atoms with Crippen molar-refractivity contribution in [2.75, 3.05) is 23.1 Å². The van der Waals surface area contributed by atoms with E-state index in [0.717, 1.165) is 0 Å². The van der Waals surface area contributed by atoms with Crippen LogP contribution in [0.5, 0.6) is 0 Å². The van der Waals surface area contributed by atoms with Gasteiger partial charge in [0.05, 0.1) is 30.2 Å². The van der Waals surface area contributed by atoms with Gasteiger partial charge in [0.15, 0.2) is 0 Å². The predicted molar refractivity (Wildman–Crippen MR) is 107 cm³/mol. The summed E-state index contributed by atoms with van der Waals surface area (Å²) in [6.45, 7) is 1.40. The molecule has 2 aromatic carbocycles. The number of ether oxygens (including phenoxy) is 1. The highest BCUT2D eigenvalue weighted by Crippen LogP contribution is 2.40. The third-order valence-electron chi connectivity index (χ3n) is 4.50. The second kappa shape index (κ2) is 8.55. The molecule has 3 amide bonds. The largest absolute Gasteiger partial charge is 0.465 e. The summed E-state index contributed by atoms with van der Waals surface area (Å²) in [5.74, 6) is -2.28. The molecular formula is C21H21N3O5. The number of hydrogen-bond donors (Lipinski definition) is 3. The van der Waals surface area contributed by atoms with Gasteiger partial charge < -0.3 is 20.7 Å². The van der Waals surface area contributed by atoms with Gasteiger partial charge >= 0.3 is 5.97 Å². The molecule has 2 aromatic rings. The molecular weight excluding hydrogens is 374 g/mol. The average molecular weight is 395 g/mol. The van der Waals surface area contributed by atoms with Crippen molar-refractivity contribution in [1.82, 2.24) is 0 Å². The van der Waals surface area contributed by atoms with Crippen molar-refractivity contribution in [3.63, 3.8) is 0 Å². The molecule has 0 aliphatic heterocycles. The number of methoxy groups -OCH3 is 1. The molecule has 3 N–H and O–H groups in total. The van der Waals surface area contributed by atoms with Crippen LogP contribution in [0, 0.1) is 11.8 Å². The van der Waals surface area contributed by atoms with E-state index < -0.39 is 17.8 Å². The molecule has 1 fully saturated rings. The molecule has 1 aliphatic carbocycles. The fraction of sp³-hybridized carbons (Fsp3) is 0.238. The van der Waals surface area contributed by atoms with Crippen molar-refractivity contribution in [2.24, 2.45) is 11.8 Å². The first-order chi connectivity index (χ1) is 13.9. The maximum Gasteiger partial charge on any atom is 0.339 e. The van der Waals surface area contributed by atoms with Gasteiger partial charge in [0, 0.05) is 18.3 Å². The van der Waals surface area contributed by atoms with Crippen LogP contribution in [0.25, 0.3) is 0 Å². The third-order valence-corrected chi connectivity index (χ3v) is 4.50. The highest BCUT2D eigenvalue weighted by atomic mass is 16.5. The second-order valence-corrected chi connectivity index (χ2v) is 6.73. The number of anilines is 3. The molecule has 0 aromatic heterocycles. The summed E-state index contributed by atoms with van der Waals surface area (Å²) in [7, 11) is 1.27. The van der Waals surface area contributed by atoms with E-state index in [9.17, 15) is 19.2 Å². The Morgan fingerprint density at radius 3 is 2.14 bits per heavy atom. The quantitative estimate of drug-likeness (QED) is 0.651. The zero-order valence-corrected chi connectivity index (χ0v) is 16.0. The van der Waals surface area contributed by atoms with Crippen molar-refractivity contribution < 1.29 is 23.9 Å². The number of amides is 3. The van der Waals surface area contributed by atoms with E-state index in [1.807, 2.05) is 0 Å². The fourth-order valence-electron chi connectivity index (χ4n) is 2.99. The van der Waals surface area contributed by atoms with Crippen molar-refractivity contribution in [1.29, 1.82) is 0 Å². The number of nitrogens with one attached hydrogen (secondary N) is 3. The standard InChI is InChI=1S/C21H21N3O5/c1-12(25)22-13-6-5-7-14(10-13)23-19(26)16-11-17(16)20(27)24-18-9-4-3-8-15(18)21(28)29-2/h3-10,16-17H,11H2,1-2H3,(H,22,25)(H,23,26)(H,24,27). The molecule has 3 rings (SSSR count). The maximum atomic E-state index is 12.5. The normalized spacial score (nSPS) is 17.0. The Balaban J connectivity index is 1.60. The first kappa shape index (κ1) is 20.1. The number of hydrogen-bond acceptors (Lipinski definition) is 5. The Hall–Kier alpha value is -3.68. The van der Waals surface area contributed by atoms with Gasteiger partial charge in [-0.05, 0) is 36.8 Å². The lowest BCUT2D eigenvalue weighted by Crippen LogP contribution is -2.21. The van der Waals surface area contributed by atoms with Crippen LogP contribution in [0.1, 0.15) is 23.7 Å². The zero-order valence-electron chi connectivity index (χ0n) is 16.0. The minimum Gasteiger partial charge on any atom is -0.465 e. The van der Waals surface area contributed by atoms with Crippen LogP contribution in [-0.2, 0) is 19.1 Å². The minimum atomic E-state index is -0.551. The Morgan fingerprint density at radius 2 is 1.48 bits per heavy atom. The van der Waals surface area contributed by atoms with Crippen LogP contribution in [0.3, 0.4) is 0 Å². The number of para-hydroxylation sites is 1. The number of carbonyl (C=O) groups is 4. The monoisotopic (exact) mass is 395 g/mol. The van der Waals surface area contributed by atoms with E-state index in [1.54, 1.807) is 48.5 Å². The van der Waals surface area contributed by atoms with E-state index in [1.165, 1.54) is 14.0 Å². The van der Waals surface area contributed by atoms with Crippen LogP contribution < -0.4 is 16.0 Å².